The number of nitrogens with zero attached hydrogens (tertiary/aromatic N) is 1. The van der Waals surface area contributed by atoms with Crippen molar-refractivity contribution in [1.82, 2.24) is 9.55 Å². The van der Waals surface area contributed by atoms with Crippen molar-refractivity contribution in [2.75, 3.05) is 7.11 Å². The van der Waals surface area contributed by atoms with Gasteiger partial charge >= 0.3 is 0 Å². The van der Waals surface area contributed by atoms with Crippen LogP contribution in [0.1, 0.15) is 0 Å². The number of rotatable bonds is 1. The van der Waals surface area contributed by atoms with Crippen molar-refractivity contribution in [2.24, 2.45) is 7.05 Å². The molecule has 1 N–H and O–H groups in total. The van der Waals surface area contributed by atoms with Crippen LogP contribution in [0.3, 0.4) is 0 Å². The topological polar surface area (TPSA) is 47.0 Å². The number of hydrogen-bond donors (Lipinski definition) is 1. The second-order valence-electron chi connectivity index (χ2n) is 2.04. The summed E-state index contributed by atoms with van der Waals surface area (Å²) in [6, 6.07) is 1.34. The van der Waals surface area contributed by atoms with Crippen LogP contribution in [0.5, 0.6) is 5.88 Å². The van der Waals surface area contributed by atoms with Crippen LogP contribution in [0.2, 0.25) is 0 Å². The number of aromatic amines is 1. The highest BCUT2D eigenvalue weighted by Crippen LogP contribution is 2.02. The fourth-order valence-corrected chi connectivity index (χ4v) is 0.921. The molecule has 0 saturated carbocycles. The van der Waals surface area contributed by atoms with Gasteiger partial charge in [0.15, 0.2) is 4.77 Å². The van der Waals surface area contributed by atoms with E-state index in [-0.39, 0.29) is 5.56 Å². The zero-order valence-corrected chi connectivity index (χ0v) is 7.07. The SMILES string of the molecule is COc1cc(=O)[nH]c(=S)n1C. The number of nitrogens with one attached hydrogen (secondary N) is 1. The molecule has 0 amide bonds. The number of hydrogen-bond acceptors (Lipinski definition) is 3. The first-order valence-corrected chi connectivity index (χ1v) is 3.40. The lowest BCUT2D eigenvalue weighted by Crippen LogP contribution is -2.11. The summed E-state index contributed by atoms with van der Waals surface area (Å²) in [6.07, 6.45) is 0. The van der Waals surface area contributed by atoms with Crippen LogP contribution in [0.4, 0.5) is 0 Å². The molecule has 0 fully saturated rings. The molecule has 0 aromatic carbocycles. The van der Waals surface area contributed by atoms with Gasteiger partial charge in [-0.1, -0.05) is 0 Å². The smallest absolute Gasteiger partial charge is 0.255 e. The van der Waals surface area contributed by atoms with Crippen molar-refractivity contribution < 1.29 is 4.74 Å². The molecular formula is C6H8N2O2S. The fourth-order valence-electron chi connectivity index (χ4n) is 0.730. The average Bonchev–Trinajstić information content (AvgIpc) is 1.96. The van der Waals surface area contributed by atoms with Gasteiger partial charge in [-0.2, -0.15) is 0 Å². The Bertz CT molecular complexity index is 366. The lowest BCUT2D eigenvalue weighted by Gasteiger charge is -2.04. The van der Waals surface area contributed by atoms with Gasteiger partial charge in [0.25, 0.3) is 5.56 Å². The minimum atomic E-state index is -0.245. The molecule has 0 unspecified atom stereocenters. The molecule has 1 aromatic heterocycles. The summed E-state index contributed by atoms with van der Waals surface area (Å²) in [6.45, 7) is 0. The third kappa shape index (κ3) is 1.48. The standard InChI is InChI=1S/C6H8N2O2S/c1-8-5(10-2)3-4(9)7-6(8)11/h3H,1-2H3,(H,7,9,11). The van der Waals surface area contributed by atoms with Gasteiger partial charge in [-0.05, 0) is 12.2 Å². The summed E-state index contributed by atoms with van der Waals surface area (Å²) in [7, 11) is 3.21. The Balaban J connectivity index is 3.49. The maximum Gasteiger partial charge on any atom is 0.255 e. The molecule has 0 spiro atoms. The zero-order valence-electron chi connectivity index (χ0n) is 6.25. The summed E-state index contributed by atoms with van der Waals surface area (Å²) in [5.74, 6) is 0.457. The fraction of sp³-hybridized carbons (Fsp3) is 0.333. The Morgan fingerprint density at radius 2 is 2.36 bits per heavy atom. The molecule has 0 saturated heterocycles. The summed E-state index contributed by atoms with van der Waals surface area (Å²) in [5.41, 5.74) is -0.245. The highest BCUT2D eigenvalue weighted by Gasteiger charge is 1.96. The van der Waals surface area contributed by atoms with Gasteiger partial charge in [-0.15, -0.1) is 0 Å². The van der Waals surface area contributed by atoms with Crippen LogP contribution in [0.25, 0.3) is 0 Å². The molecule has 0 aliphatic carbocycles. The van der Waals surface area contributed by atoms with E-state index in [1.165, 1.54) is 13.2 Å². The summed E-state index contributed by atoms with van der Waals surface area (Å²) in [4.78, 5) is 13.3. The zero-order chi connectivity index (χ0) is 8.43. The number of H-pyrrole nitrogens is 1. The molecule has 0 atom stereocenters. The summed E-state index contributed by atoms with van der Waals surface area (Å²) < 4.78 is 6.82. The lowest BCUT2D eigenvalue weighted by molar-refractivity contribution is 0.374. The highest BCUT2D eigenvalue weighted by molar-refractivity contribution is 7.71. The van der Waals surface area contributed by atoms with E-state index >= 15 is 0 Å². The number of aromatic nitrogens is 2. The normalized spacial score (nSPS) is 9.64. The predicted octanol–water partition coefficient (Wildman–Crippen LogP) is 0.451. The van der Waals surface area contributed by atoms with Crippen LogP contribution in [-0.2, 0) is 7.05 Å². The van der Waals surface area contributed by atoms with Crippen molar-refractivity contribution >= 4 is 12.2 Å². The molecule has 1 heterocycles. The van der Waals surface area contributed by atoms with Crippen molar-refractivity contribution in [3.05, 3.63) is 21.2 Å². The summed E-state index contributed by atoms with van der Waals surface area (Å²) >= 11 is 4.82. The molecule has 5 heteroatoms. The second kappa shape index (κ2) is 2.87. The number of ether oxygens (including phenoxy) is 1. The third-order valence-electron chi connectivity index (χ3n) is 1.33. The molecule has 0 aliphatic rings. The van der Waals surface area contributed by atoms with Gasteiger partial charge in [0.05, 0.1) is 13.2 Å². The van der Waals surface area contributed by atoms with Crippen molar-refractivity contribution in [3.63, 3.8) is 0 Å². The molecule has 0 bridgehead atoms. The Morgan fingerprint density at radius 3 is 2.91 bits per heavy atom. The van der Waals surface area contributed by atoms with E-state index in [0.29, 0.717) is 10.7 Å². The van der Waals surface area contributed by atoms with Gasteiger partial charge in [0.2, 0.25) is 5.88 Å². The first-order valence-electron chi connectivity index (χ1n) is 2.99. The van der Waals surface area contributed by atoms with Crippen molar-refractivity contribution in [1.29, 1.82) is 0 Å². The van der Waals surface area contributed by atoms with Crippen molar-refractivity contribution in [2.45, 2.75) is 0 Å². The van der Waals surface area contributed by atoms with Crippen LogP contribution < -0.4 is 10.3 Å². The number of methoxy groups -OCH3 is 1. The van der Waals surface area contributed by atoms with E-state index in [1.54, 1.807) is 11.6 Å². The van der Waals surface area contributed by atoms with E-state index < -0.39 is 0 Å². The van der Waals surface area contributed by atoms with E-state index in [1.807, 2.05) is 0 Å². The second-order valence-corrected chi connectivity index (χ2v) is 2.43. The quantitative estimate of drug-likeness (QED) is 0.626. The van der Waals surface area contributed by atoms with Gasteiger partial charge in [0.1, 0.15) is 0 Å². The van der Waals surface area contributed by atoms with E-state index in [0.717, 1.165) is 0 Å². The molecule has 60 valence electrons. The monoisotopic (exact) mass is 172 g/mol. The first-order chi connectivity index (χ1) is 5.15. The predicted molar refractivity (Wildman–Crippen MR) is 43.4 cm³/mol. The molecule has 4 nitrogen and oxygen atoms in total. The van der Waals surface area contributed by atoms with Crippen molar-refractivity contribution in [3.8, 4) is 5.88 Å². The Hall–Kier alpha value is -1.10. The van der Waals surface area contributed by atoms with Crippen LogP contribution >= 0.6 is 12.2 Å². The first kappa shape index (κ1) is 8.00. The Kier molecular flexibility index (Phi) is 2.09. The maximum absolute atomic E-state index is 10.8. The maximum atomic E-state index is 10.8. The van der Waals surface area contributed by atoms with Gasteiger partial charge in [-0.3, -0.25) is 14.3 Å². The molecule has 1 aromatic rings. The lowest BCUT2D eigenvalue weighted by atomic mass is 10.6. The average molecular weight is 172 g/mol. The van der Waals surface area contributed by atoms with Gasteiger partial charge in [-0.25, -0.2) is 0 Å². The Labute approximate surface area is 68.4 Å². The molecular weight excluding hydrogens is 164 g/mol. The molecule has 0 aliphatic heterocycles. The molecule has 11 heavy (non-hydrogen) atoms. The summed E-state index contributed by atoms with van der Waals surface area (Å²) in [5, 5.41) is 0. The van der Waals surface area contributed by atoms with E-state index in [9.17, 15) is 4.79 Å². The van der Waals surface area contributed by atoms with Crippen LogP contribution in [0.15, 0.2) is 10.9 Å². The third-order valence-corrected chi connectivity index (χ3v) is 1.70. The van der Waals surface area contributed by atoms with Crippen LogP contribution in [0, 0.1) is 4.77 Å². The largest absolute Gasteiger partial charge is 0.482 e. The van der Waals surface area contributed by atoms with Gasteiger partial charge in [0, 0.05) is 7.05 Å². The van der Waals surface area contributed by atoms with Crippen LogP contribution in [-0.4, -0.2) is 16.7 Å². The molecule has 1 rings (SSSR count). The highest BCUT2D eigenvalue weighted by atomic mass is 32.1. The minimum absolute atomic E-state index is 0.245. The Morgan fingerprint density at radius 1 is 1.73 bits per heavy atom. The van der Waals surface area contributed by atoms with Gasteiger partial charge < -0.3 is 4.74 Å². The van der Waals surface area contributed by atoms with E-state index in [2.05, 4.69) is 4.98 Å². The minimum Gasteiger partial charge on any atom is -0.482 e. The molecule has 0 radical (unpaired) electrons. The van der Waals surface area contributed by atoms with E-state index in [4.69, 9.17) is 17.0 Å².